The number of hydrogen-bond acceptors (Lipinski definition) is 10. The van der Waals surface area contributed by atoms with Gasteiger partial charge in [-0.1, -0.05) is 64.4 Å². The maximum atomic E-state index is 14.5. The summed E-state index contributed by atoms with van der Waals surface area (Å²) in [5, 5.41) is 1.72. The molecule has 1 aliphatic rings. The highest BCUT2D eigenvalue weighted by Gasteiger charge is 2.58. The second kappa shape index (κ2) is 22.0. The van der Waals surface area contributed by atoms with Crippen molar-refractivity contribution in [1.29, 1.82) is 0 Å². The van der Waals surface area contributed by atoms with Gasteiger partial charge in [-0.15, -0.1) is 0 Å². The number of nitrogens with one attached hydrogen (secondary N) is 1. The summed E-state index contributed by atoms with van der Waals surface area (Å²) >= 11 is 0. The van der Waals surface area contributed by atoms with E-state index >= 15 is 0 Å². The average Bonchev–Trinajstić information content (AvgIpc) is 3.11. The van der Waals surface area contributed by atoms with Gasteiger partial charge in [0.05, 0.1) is 38.1 Å². The number of carbonyl (C=O) groups excluding carboxylic acids is 4. The predicted molar refractivity (Wildman–Crippen MR) is 215 cm³/mol. The molecule has 0 spiro atoms. The lowest BCUT2D eigenvalue weighted by molar-refractivity contribution is -0.858. The van der Waals surface area contributed by atoms with Gasteiger partial charge >= 0.3 is 17.9 Å². The van der Waals surface area contributed by atoms with Gasteiger partial charge in [-0.05, 0) is 98.7 Å². The summed E-state index contributed by atoms with van der Waals surface area (Å²) < 4.78 is 17.5. The minimum atomic E-state index is -1.27. The van der Waals surface area contributed by atoms with Crippen LogP contribution in [0.5, 0.6) is 0 Å². The van der Waals surface area contributed by atoms with Crippen LogP contribution in [0.4, 0.5) is 0 Å². The van der Waals surface area contributed by atoms with E-state index in [0.717, 1.165) is 23.3 Å². The Morgan fingerprint density at radius 2 is 1.42 bits per heavy atom. The van der Waals surface area contributed by atoms with Crippen LogP contribution in [0.2, 0.25) is 0 Å². The molecule has 314 valence electrons. The van der Waals surface area contributed by atoms with Crippen molar-refractivity contribution in [2.45, 2.75) is 136 Å². The fraction of sp³-hybridized carbons (Fsp3) is 0.767. The summed E-state index contributed by atoms with van der Waals surface area (Å²) in [7, 11) is 7.73. The fourth-order valence-corrected chi connectivity index (χ4v) is 7.23. The molecule has 1 fully saturated rings. The fourth-order valence-electron chi connectivity index (χ4n) is 7.23. The number of esters is 3. The molecule has 1 N–H and O–H groups in total. The van der Waals surface area contributed by atoms with Crippen molar-refractivity contribution in [3.63, 3.8) is 0 Å². The Morgan fingerprint density at radius 1 is 0.855 bits per heavy atom. The first kappa shape index (κ1) is 48.1. The molecule has 0 bridgehead atoms. The summed E-state index contributed by atoms with van der Waals surface area (Å²) in [5.41, 5.74) is -1.18. The lowest BCUT2D eigenvalue weighted by atomic mass is 9.80. The number of likely N-dealkylation sites (N-methyl/N-ethyl adjacent to an activating group) is 2. The average molecular weight is 776 g/mol. The van der Waals surface area contributed by atoms with Crippen LogP contribution >= 0.6 is 0 Å². The molecule has 12 nitrogen and oxygen atoms in total. The zero-order chi connectivity index (χ0) is 41.6. The number of benzene rings is 1. The van der Waals surface area contributed by atoms with Crippen LogP contribution in [0, 0.1) is 11.8 Å². The van der Waals surface area contributed by atoms with Gasteiger partial charge in [0.2, 0.25) is 5.91 Å². The maximum Gasteiger partial charge on any atom is 0.337 e. The predicted octanol–water partition coefficient (Wildman–Crippen LogP) is 4.91. The number of hydrogen-bond donors (Lipinski definition) is 1. The summed E-state index contributed by atoms with van der Waals surface area (Å²) in [5.74, 6) is -3.19. The van der Waals surface area contributed by atoms with E-state index in [1.807, 2.05) is 124 Å². The highest BCUT2D eigenvalue weighted by molar-refractivity contribution is 5.88. The minimum absolute atomic E-state index is 0.0115. The van der Waals surface area contributed by atoms with Crippen LogP contribution in [0.25, 0.3) is 0 Å². The lowest BCUT2D eigenvalue weighted by Gasteiger charge is -2.59. The Morgan fingerprint density at radius 3 is 1.95 bits per heavy atom. The number of hydroxylamine groups is 2. The number of nitrogens with zero attached hydrogens (tertiary/aromatic N) is 3. The second-order valence-corrected chi connectivity index (χ2v) is 17.5. The molecule has 1 amide bonds. The molecule has 1 aromatic rings. The molecule has 1 aliphatic heterocycles. The number of rotatable bonds is 23. The first-order chi connectivity index (χ1) is 25.7. The maximum absolute atomic E-state index is 14.5. The van der Waals surface area contributed by atoms with Crippen LogP contribution < -0.4 is 4.90 Å². The highest BCUT2D eigenvalue weighted by Crippen LogP contribution is 2.42. The number of amides is 1. The monoisotopic (exact) mass is 776 g/mol. The van der Waals surface area contributed by atoms with Gasteiger partial charge in [-0.25, -0.2) is 4.79 Å². The van der Waals surface area contributed by atoms with Crippen molar-refractivity contribution >= 4 is 23.8 Å². The van der Waals surface area contributed by atoms with E-state index < -0.39 is 46.5 Å². The Labute approximate surface area is 332 Å². The molecular weight excluding hydrogens is 700 g/mol. The molecular formula is C43H75N4O8+. The van der Waals surface area contributed by atoms with Gasteiger partial charge in [0, 0.05) is 18.6 Å². The van der Waals surface area contributed by atoms with Crippen molar-refractivity contribution in [2.75, 3.05) is 67.6 Å². The van der Waals surface area contributed by atoms with Gasteiger partial charge in [0.25, 0.3) is 0 Å². The highest BCUT2D eigenvalue weighted by atomic mass is 16.7. The first-order valence-corrected chi connectivity index (χ1v) is 20.5. The Hall–Kier alpha value is -3.06. The number of quaternary nitrogens is 1. The molecule has 55 heavy (non-hydrogen) atoms. The van der Waals surface area contributed by atoms with Gasteiger partial charge in [-0.3, -0.25) is 19.2 Å². The Kier molecular flexibility index (Phi) is 19.3. The molecule has 0 radical (unpaired) electrons. The van der Waals surface area contributed by atoms with E-state index in [9.17, 15) is 19.2 Å². The van der Waals surface area contributed by atoms with Crippen molar-refractivity contribution in [3.05, 3.63) is 35.9 Å². The van der Waals surface area contributed by atoms with E-state index in [2.05, 4.69) is 6.92 Å². The normalized spacial score (nSPS) is 18.2. The number of unbranched alkanes of at least 4 members (excludes halogenated alkanes) is 1. The molecule has 4 atom stereocenters. The van der Waals surface area contributed by atoms with Crippen LogP contribution in [-0.2, 0) is 38.2 Å². The van der Waals surface area contributed by atoms with Crippen molar-refractivity contribution in [3.8, 4) is 0 Å². The molecule has 1 aromatic carbocycles. The molecule has 2 rings (SSSR count). The Balaban J connectivity index is 2.66. The van der Waals surface area contributed by atoms with Crippen molar-refractivity contribution < 1.29 is 43.1 Å². The van der Waals surface area contributed by atoms with E-state index in [1.165, 1.54) is 0 Å². The van der Waals surface area contributed by atoms with Gasteiger partial charge in [0.1, 0.15) is 25.3 Å². The third kappa shape index (κ3) is 14.1. The molecule has 0 saturated carbocycles. The summed E-state index contributed by atoms with van der Waals surface area (Å²) in [4.78, 5) is 68.4. The van der Waals surface area contributed by atoms with Crippen molar-refractivity contribution in [2.24, 2.45) is 11.8 Å². The van der Waals surface area contributed by atoms with Gasteiger partial charge in [-0.2, -0.15) is 5.06 Å². The van der Waals surface area contributed by atoms with E-state index in [1.54, 1.807) is 5.06 Å². The van der Waals surface area contributed by atoms with E-state index in [4.69, 9.17) is 19.0 Å². The zero-order valence-electron chi connectivity index (χ0n) is 36.5. The molecule has 1 saturated heterocycles. The third-order valence-electron chi connectivity index (χ3n) is 10.7. The van der Waals surface area contributed by atoms with Crippen molar-refractivity contribution in [1.82, 2.24) is 14.9 Å². The van der Waals surface area contributed by atoms with E-state index in [0.29, 0.717) is 38.9 Å². The molecule has 1 heterocycles. The standard InChI is InChI=1S/C43H74N4O8/c1-14-17-25-52-37(48)34(28-32(4)33-21-19-18-20-22-33)29-35(38(49)53-26-23-44(10)11)30-36(39(50)54-27-24-45(12)13)55-47-42(8,9)31-46(41(5,6)7)40(51)43(47,15-2)16-3/h18-22,32,34-36H,14-17,23-31H2,1-13H3/p+1. The zero-order valence-corrected chi connectivity index (χ0v) is 36.5. The SMILES string of the molecule is CCCCOC(=O)C(CC(CC(ON1C(C)(C)CN(C(C)(C)C)C(=O)C1(CC)CC)C(=O)OCCN(C)C)C(=O)OCC[NH+](C)C)CC(C)c1ccccc1. The van der Waals surface area contributed by atoms with Gasteiger partial charge in [0.15, 0.2) is 6.10 Å². The van der Waals surface area contributed by atoms with Crippen LogP contribution in [-0.4, -0.2) is 129 Å². The lowest BCUT2D eigenvalue weighted by Crippen LogP contribution is -3.06. The molecule has 0 aliphatic carbocycles. The minimum Gasteiger partial charge on any atom is -0.465 e. The molecule has 12 heteroatoms. The summed E-state index contributed by atoms with van der Waals surface area (Å²) in [6, 6.07) is 9.96. The Bertz CT molecular complexity index is 1340. The van der Waals surface area contributed by atoms with Crippen LogP contribution in [0.3, 0.4) is 0 Å². The van der Waals surface area contributed by atoms with E-state index in [-0.39, 0.29) is 50.5 Å². The van der Waals surface area contributed by atoms with Gasteiger partial charge < -0.3 is 28.9 Å². The first-order valence-electron chi connectivity index (χ1n) is 20.5. The molecule has 0 aromatic heterocycles. The second-order valence-electron chi connectivity index (χ2n) is 17.5. The third-order valence-corrected chi connectivity index (χ3v) is 10.7. The summed E-state index contributed by atoms with van der Waals surface area (Å²) in [6.45, 7) is 20.1. The number of piperazine rings is 1. The molecule has 4 unspecified atom stereocenters. The van der Waals surface area contributed by atoms with Crippen LogP contribution in [0.1, 0.15) is 119 Å². The quantitative estimate of drug-likeness (QED) is 0.0934. The number of ether oxygens (including phenoxy) is 3. The topological polar surface area (TPSA) is 119 Å². The van der Waals surface area contributed by atoms with Crippen LogP contribution in [0.15, 0.2) is 30.3 Å². The number of carbonyl (C=O) groups is 4. The smallest absolute Gasteiger partial charge is 0.337 e. The summed E-state index contributed by atoms with van der Waals surface area (Å²) in [6.07, 6.45) is 1.61. The largest absolute Gasteiger partial charge is 0.465 e.